The van der Waals surface area contributed by atoms with Crippen molar-refractivity contribution in [1.82, 2.24) is 10.6 Å². The van der Waals surface area contributed by atoms with Gasteiger partial charge in [-0.3, -0.25) is 0 Å². The molecule has 0 saturated carbocycles. The zero-order chi connectivity index (χ0) is 9.52. The van der Waals surface area contributed by atoms with Gasteiger partial charge in [-0.2, -0.15) is 0 Å². The molecule has 1 fully saturated rings. The summed E-state index contributed by atoms with van der Waals surface area (Å²) >= 11 is 0. The van der Waals surface area contributed by atoms with Gasteiger partial charge in [0.05, 0.1) is 6.61 Å². The maximum absolute atomic E-state index is 5.55. The number of rotatable bonds is 5. The molecule has 1 rings (SSSR count). The zero-order valence-corrected chi connectivity index (χ0v) is 8.81. The minimum Gasteiger partial charge on any atom is -0.380 e. The highest BCUT2D eigenvalue weighted by Crippen LogP contribution is 1.95. The second-order valence-corrected chi connectivity index (χ2v) is 3.84. The van der Waals surface area contributed by atoms with Gasteiger partial charge >= 0.3 is 0 Å². The summed E-state index contributed by atoms with van der Waals surface area (Å²) in [5, 5.41) is 6.89. The molecular weight excluding hydrogens is 164 g/mol. The minimum absolute atomic E-state index is 0.507. The second kappa shape index (κ2) is 6.35. The van der Waals surface area contributed by atoms with E-state index in [1.54, 1.807) is 0 Å². The van der Waals surface area contributed by atoms with Crippen molar-refractivity contribution < 1.29 is 4.74 Å². The van der Waals surface area contributed by atoms with Gasteiger partial charge in [0.15, 0.2) is 0 Å². The average Bonchev–Trinajstić information content (AvgIpc) is 2.15. The van der Waals surface area contributed by atoms with Crippen molar-refractivity contribution in [3.05, 3.63) is 0 Å². The summed E-state index contributed by atoms with van der Waals surface area (Å²) in [4.78, 5) is 0. The first kappa shape index (κ1) is 11.0. The molecule has 1 aliphatic heterocycles. The molecule has 0 aromatic carbocycles. The van der Waals surface area contributed by atoms with Crippen molar-refractivity contribution in [2.24, 2.45) is 0 Å². The monoisotopic (exact) mass is 186 g/mol. The van der Waals surface area contributed by atoms with Gasteiger partial charge in [0.25, 0.3) is 0 Å². The standard InChI is InChI=1S/C10H22N2O/c1-3-4-5-13-8-10-7-11-9(2)6-12-10/h9-12H,3-8H2,1-2H3/t9-,10+/m0/s1. The predicted molar refractivity (Wildman–Crippen MR) is 55.0 cm³/mol. The molecular formula is C10H22N2O. The first-order valence-electron chi connectivity index (χ1n) is 5.37. The van der Waals surface area contributed by atoms with Gasteiger partial charge in [0.2, 0.25) is 0 Å². The Balaban J connectivity index is 1.96. The third-order valence-corrected chi connectivity index (χ3v) is 2.39. The molecule has 0 aliphatic carbocycles. The number of hydrogen-bond donors (Lipinski definition) is 2. The SMILES string of the molecule is CCCCOC[C@H]1CN[C@@H](C)CN1. The topological polar surface area (TPSA) is 33.3 Å². The normalized spacial score (nSPS) is 29.1. The van der Waals surface area contributed by atoms with Crippen molar-refractivity contribution in [2.75, 3.05) is 26.3 Å². The van der Waals surface area contributed by atoms with Gasteiger partial charge in [-0.15, -0.1) is 0 Å². The van der Waals surface area contributed by atoms with Crippen molar-refractivity contribution in [1.29, 1.82) is 0 Å². The molecule has 0 aromatic rings. The Morgan fingerprint density at radius 1 is 1.31 bits per heavy atom. The van der Waals surface area contributed by atoms with Crippen molar-refractivity contribution >= 4 is 0 Å². The van der Waals surface area contributed by atoms with Crippen molar-refractivity contribution in [2.45, 2.75) is 38.8 Å². The second-order valence-electron chi connectivity index (χ2n) is 3.84. The van der Waals surface area contributed by atoms with E-state index in [0.717, 1.165) is 26.3 Å². The van der Waals surface area contributed by atoms with E-state index >= 15 is 0 Å². The molecule has 0 amide bonds. The fourth-order valence-corrected chi connectivity index (χ4v) is 1.42. The smallest absolute Gasteiger partial charge is 0.0632 e. The molecule has 0 aromatic heterocycles. The highest BCUT2D eigenvalue weighted by molar-refractivity contribution is 4.79. The summed E-state index contributed by atoms with van der Waals surface area (Å²) in [5.74, 6) is 0. The van der Waals surface area contributed by atoms with Gasteiger partial charge in [-0.05, 0) is 13.3 Å². The number of nitrogens with one attached hydrogen (secondary N) is 2. The Bertz CT molecular complexity index is 122. The Kier molecular flexibility index (Phi) is 5.35. The number of unbranched alkanes of at least 4 members (excludes halogenated alkanes) is 1. The molecule has 0 bridgehead atoms. The summed E-state index contributed by atoms with van der Waals surface area (Å²) in [6.45, 7) is 8.23. The lowest BCUT2D eigenvalue weighted by atomic mass is 10.2. The molecule has 0 spiro atoms. The predicted octanol–water partition coefficient (Wildman–Crippen LogP) is 0.753. The molecule has 3 nitrogen and oxygen atoms in total. The van der Waals surface area contributed by atoms with E-state index in [1.807, 2.05) is 0 Å². The lowest BCUT2D eigenvalue weighted by Crippen LogP contribution is -2.54. The molecule has 3 heteroatoms. The van der Waals surface area contributed by atoms with Crippen LogP contribution in [-0.2, 0) is 4.74 Å². The summed E-state index contributed by atoms with van der Waals surface area (Å²) in [7, 11) is 0. The van der Waals surface area contributed by atoms with Crippen LogP contribution in [0, 0.1) is 0 Å². The fraction of sp³-hybridized carbons (Fsp3) is 1.00. The summed E-state index contributed by atoms with van der Waals surface area (Å²) in [6.07, 6.45) is 2.39. The first-order valence-corrected chi connectivity index (χ1v) is 5.37. The summed E-state index contributed by atoms with van der Waals surface area (Å²) in [5.41, 5.74) is 0. The van der Waals surface area contributed by atoms with Crippen LogP contribution in [-0.4, -0.2) is 38.4 Å². The lowest BCUT2D eigenvalue weighted by molar-refractivity contribution is 0.101. The van der Waals surface area contributed by atoms with Gasteiger partial charge in [-0.25, -0.2) is 0 Å². The molecule has 13 heavy (non-hydrogen) atoms. The number of hydrogen-bond acceptors (Lipinski definition) is 3. The van der Waals surface area contributed by atoms with Crippen LogP contribution in [0.5, 0.6) is 0 Å². The summed E-state index contributed by atoms with van der Waals surface area (Å²) in [6, 6.07) is 1.11. The highest BCUT2D eigenvalue weighted by atomic mass is 16.5. The van der Waals surface area contributed by atoms with Gasteiger partial charge in [0, 0.05) is 31.8 Å². The van der Waals surface area contributed by atoms with E-state index in [2.05, 4.69) is 24.5 Å². The Hall–Kier alpha value is -0.120. The lowest BCUT2D eigenvalue weighted by Gasteiger charge is -2.28. The average molecular weight is 186 g/mol. The van der Waals surface area contributed by atoms with Gasteiger partial charge in [0.1, 0.15) is 0 Å². The molecule has 78 valence electrons. The van der Waals surface area contributed by atoms with Crippen LogP contribution in [0.3, 0.4) is 0 Å². The van der Waals surface area contributed by atoms with Crippen LogP contribution >= 0.6 is 0 Å². The summed E-state index contributed by atoms with van der Waals surface area (Å²) < 4.78 is 5.55. The van der Waals surface area contributed by atoms with E-state index in [4.69, 9.17) is 4.74 Å². The van der Waals surface area contributed by atoms with Gasteiger partial charge < -0.3 is 15.4 Å². The van der Waals surface area contributed by atoms with E-state index in [0.29, 0.717) is 12.1 Å². The molecule has 0 radical (unpaired) electrons. The largest absolute Gasteiger partial charge is 0.380 e. The van der Waals surface area contributed by atoms with Crippen LogP contribution in [0.2, 0.25) is 0 Å². The Morgan fingerprint density at radius 2 is 2.15 bits per heavy atom. The molecule has 2 N–H and O–H groups in total. The number of piperazine rings is 1. The van der Waals surface area contributed by atoms with E-state index in [-0.39, 0.29) is 0 Å². The molecule has 1 aliphatic rings. The van der Waals surface area contributed by atoms with Crippen LogP contribution in [0.25, 0.3) is 0 Å². The fourth-order valence-electron chi connectivity index (χ4n) is 1.42. The third-order valence-electron chi connectivity index (χ3n) is 2.39. The van der Waals surface area contributed by atoms with E-state index in [9.17, 15) is 0 Å². The van der Waals surface area contributed by atoms with E-state index in [1.165, 1.54) is 12.8 Å². The number of ether oxygens (including phenoxy) is 1. The maximum Gasteiger partial charge on any atom is 0.0632 e. The van der Waals surface area contributed by atoms with Crippen molar-refractivity contribution in [3.8, 4) is 0 Å². The quantitative estimate of drug-likeness (QED) is 0.622. The Morgan fingerprint density at radius 3 is 2.77 bits per heavy atom. The minimum atomic E-state index is 0.507. The molecule has 1 heterocycles. The molecule has 2 atom stereocenters. The molecule has 0 unspecified atom stereocenters. The van der Waals surface area contributed by atoms with Gasteiger partial charge in [-0.1, -0.05) is 13.3 Å². The van der Waals surface area contributed by atoms with Crippen LogP contribution in [0.1, 0.15) is 26.7 Å². The maximum atomic E-state index is 5.55. The molecule has 1 saturated heterocycles. The third kappa shape index (κ3) is 4.60. The zero-order valence-electron chi connectivity index (χ0n) is 8.81. The van der Waals surface area contributed by atoms with Crippen LogP contribution < -0.4 is 10.6 Å². The van der Waals surface area contributed by atoms with Crippen LogP contribution in [0.4, 0.5) is 0 Å². The Labute approximate surface area is 81.2 Å². The van der Waals surface area contributed by atoms with Crippen molar-refractivity contribution in [3.63, 3.8) is 0 Å². The van der Waals surface area contributed by atoms with Crippen LogP contribution in [0.15, 0.2) is 0 Å². The first-order chi connectivity index (χ1) is 6.33. The highest BCUT2D eigenvalue weighted by Gasteiger charge is 2.15. The van der Waals surface area contributed by atoms with E-state index < -0.39 is 0 Å².